The van der Waals surface area contributed by atoms with Crippen molar-refractivity contribution in [2.75, 3.05) is 40.4 Å². The number of rotatable bonds is 6. The number of amides is 1. The lowest BCUT2D eigenvalue weighted by molar-refractivity contribution is -0.121. The zero-order chi connectivity index (χ0) is 15.9. The van der Waals surface area contributed by atoms with E-state index in [0.717, 1.165) is 30.3 Å². The molecule has 0 bridgehead atoms. The molecule has 2 atom stereocenters. The fourth-order valence-corrected chi connectivity index (χ4v) is 3.15. The number of carbonyl (C=O) groups is 1. The summed E-state index contributed by atoms with van der Waals surface area (Å²) >= 11 is 1.54. The fourth-order valence-electron chi connectivity index (χ4n) is 2.26. The summed E-state index contributed by atoms with van der Waals surface area (Å²) in [4.78, 5) is 15.4. The number of nitrogens with one attached hydrogen (secondary N) is 1. The zero-order valence-corrected chi connectivity index (χ0v) is 14.2. The topological polar surface area (TPSA) is 50.8 Å². The Kier molecular flexibility index (Phi) is 6.54. The second-order valence-electron chi connectivity index (χ2n) is 5.44. The predicted molar refractivity (Wildman–Crippen MR) is 88.6 cm³/mol. The standard InChI is InChI=1S/C16H24N2O3S/c1-12(22-15-6-4-13(20-3)5-7-15)16(19)17-10-14-11-18(2)8-9-21-14/h4-7,12,14H,8-11H2,1-3H3,(H,17,19). The lowest BCUT2D eigenvalue weighted by Crippen LogP contribution is -2.47. The molecule has 1 aromatic rings. The van der Waals surface area contributed by atoms with Crippen molar-refractivity contribution in [3.05, 3.63) is 24.3 Å². The minimum Gasteiger partial charge on any atom is -0.497 e. The monoisotopic (exact) mass is 324 g/mol. The van der Waals surface area contributed by atoms with Crippen LogP contribution in [0.2, 0.25) is 0 Å². The van der Waals surface area contributed by atoms with E-state index in [1.54, 1.807) is 7.11 Å². The smallest absolute Gasteiger partial charge is 0.233 e. The van der Waals surface area contributed by atoms with Crippen LogP contribution in [0.1, 0.15) is 6.92 Å². The van der Waals surface area contributed by atoms with E-state index in [9.17, 15) is 4.79 Å². The van der Waals surface area contributed by atoms with Crippen LogP contribution in [0.5, 0.6) is 5.75 Å². The van der Waals surface area contributed by atoms with Crippen LogP contribution in [-0.4, -0.2) is 62.6 Å². The third-order valence-corrected chi connectivity index (χ3v) is 4.70. The van der Waals surface area contributed by atoms with E-state index in [-0.39, 0.29) is 17.3 Å². The van der Waals surface area contributed by atoms with Crippen LogP contribution in [0.25, 0.3) is 0 Å². The molecular formula is C16H24N2O3S. The molecule has 0 spiro atoms. The summed E-state index contributed by atoms with van der Waals surface area (Å²) in [6.07, 6.45) is 0.0842. The van der Waals surface area contributed by atoms with Crippen molar-refractivity contribution >= 4 is 17.7 Å². The number of ether oxygens (including phenoxy) is 2. The van der Waals surface area contributed by atoms with Crippen molar-refractivity contribution in [1.29, 1.82) is 0 Å². The average molecular weight is 324 g/mol. The van der Waals surface area contributed by atoms with Crippen LogP contribution in [0, 0.1) is 0 Å². The maximum absolute atomic E-state index is 12.2. The molecular weight excluding hydrogens is 300 g/mol. The van der Waals surface area contributed by atoms with Crippen LogP contribution < -0.4 is 10.1 Å². The van der Waals surface area contributed by atoms with E-state index in [0.29, 0.717) is 6.54 Å². The molecule has 1 heterocycles. The lowest BCUT2D eigenvalue weighted by atomic mass is 10.3. The van der Waals surface area contributed by atoms with Crippen LogP contribution in [0.15, 0.2) is 29.2 Å². The van der Waals surface area contributed by atoms with E-state index in [2.05, 4.69) is 17.3 Å². The van der Waals surface area contributed by atoms with Crippen LogP contribution in [-0.2, 0) is 9.53 Å². The van der Waals surface area contributed by atoms with E-state index in [1.165, 1.54) is 11.8 Å². The number of morpholine rings is 1. The number of likely N-dealkylation sites (N-methyl/N-ethyl adjacent to an activating group) is 1. The summed E-state index contributed by atoms with van der Waals surface area (Å²) in [6, 6.07) is 7.73. The first-order valence-corrected chi connectivity index (χ1v) is 8.35. The number of nitrogens with zero attached hydrogens (tertiary/aromatic N) is 1. The summed E-state index contributed by atoms with van der Waals surface area (Å²) < 4.78 is 10.8. The van der Waals surface area contributed by atoms with Gasteiger partial charge in [-0.3, -0.25) is 4.79 Å². The Morgan fingerprint density at radius 2 is 2.23 bits per heavy atom. The van der Waals surface area contributed by atoms with Crippen LogP contribution in [0.4, 0.5) is 0 Å². The van der Waals surface area contributed by atoms with Gasteiger partial charge in [-0.2, -0.15) is 0 Å². The molecule has 0 aliphatic carbocycles. The minimum atomic E-state index is -0.144. The van der Waals surface area contributed by atoms with Gasteiger partial charge in [-0.05, 0) is 38.2 Å². The lowest BCUT2D eigenvalue weighted by Gasteiger charge is -2.30. The molecule has 0 aromatic heterocycles. The second-order valence-corrected chi connectivity index (χ2v) is 6.85. The van der Waals surface area contributed by atoms with E-state index >= 15 is 0 Å². The fraction of sp³-hybridized carbons (Fsp3) is 0.562. The van der Waals surface area contributed by atoms with Gasteiger partial charge in [0, 0.05) is 24.5 Å². The summed E-state index contributed by atoms with van der Waals surface area (Å²) in [5.41, 5.74) is 0. The van der Waals surface area contributed by atoms with Crippen molar-refractivity contribution in [2.24, 2.45) is 0 Å². The number of thioether (sulfide) groups is 1. The van der Waals surface area contributed by atoms with Gasteiger partial charge in [0.15, 0.2) is 0 Å². The van der Waals surface area contributed by atoms with Gasteiger partial charge < -0.3 is 19.7 Å². The van der Waals surface area contributed by atoms with E-state index < -0.39 is 0 Å². The highest BCUT2D eigenvalue weighted by atomic mass is 32.2. The highest BCUT2D eigenvalue weighted by molar-refractivity contribution is 8.00. The first kappa shape index (κ1) is 17.1. The first-order chi connectivity index (χ1) is 10.6. The van der Waals surface area contributed by atoms with Gasteiger partial charge in [0.1, 0.15) is 5.75 Å². The van der Waals surface area contributed by atoms with Gasteiger partial charge in [-0.25, -0.2) is 0 Å². The molecule has 0 saturated carbocycles. The number of methoxy groups -OCH3 is 1. The molecule has 5 nitrogen and oxygen atoms in total. The Labute approximate surface area is 136 Å². The average Bonchev–Trinajstić information content (AvgIpc) is 2.53. The number of hydrogen-bond acceptors (Lipinski definition) is 5. The van der Waals surface area contributed by atoms with Gasteiger partial charge in [0.2, 0.25) is 5.91 Å². The Morgan fingerprint density at radius 3 is 2.86 bits per heavy atom. The second kappa shape index (κ2) is 8.41. The number of benzene rings is 1. The normalized spacial score (nSPS) is 20.4. The molecule has 1 fully saturated rings. The highest BCUT2D eigenvalue weighted by Gasteiger charge is 2.20. The molecule has 0 radical (unpaired) electrons. The summed E-state index contributed by atoms with van der Waals surface area (Å²) in [7, 11) is 3.71. The van der Waals surface area contributed by atoms with Gasteiger partial charge in [0.05, 0.1) is 25.1 Å². The third-order valence-electron chi connectivity index (χ3n) is 3.59. The molecule has 6 heteroatoms. The summed E-state index contributed by atoms with van der Waals surface area (Å²) in [5, 5.41) is 2.84. The SMILES string of the molecule is COc1ccc(SC(C)C(=O)NCC2CN(C)CCO2)cc1. The molecule has 22 heavy (non-hydrogen) atoms. The summed E-state index contributed by atoms with van der Waals surface area (Å²) in [5.74, 6) is 0.859. The van der Waals surface area contributed by atoms with Crippen molar-refractivity contribution < 1.29 is 14.3 Å². The number of hydrogen-bond donors (Lipinski definition) is 1. The van der Waals surface area contributed by atoms with E-state index in [1.807, 2.05) is 31.2 Å². The van der Waals surface area contributed by atoms with Crippen LogP contribution >= 0.6 is 11.8 Å². The van der Waals surface area contributed by atoms with Gasteiger partial charge in [-0.15, -0.1) is 11.8 Å². The van der Waals surface area contributed by atoms with Crippen molar-refractivity contribution in [3.63, 3.8) is 0 Å². The maximum Gasteiger partial charge on any atom is 0.233 e. The van der Waals surface area contributed by atoms with Gasteiger partial charge >= 0.3 is 0 Å². The van der Waals surface area contributed by atoms with Crippen LogP contribution in [0.3, 0.4) is 0 Å². The molecule has 1 saturated heterocycles. The molecule has 1 aliphatic rings. The molecule has 1 amide bonds. The molecule has 2 rings (SSSR count). The Hall–Kier alpha value is -1.24. The highest BCUT2D eigenvalue weighted by Crippen LogP contribution is 2.25. The van der Waals surface area contributed by atoms with Crippen molar-refractivity contribution in [1.82, 2.24) is 10.2 Å². The molecule has 1 aromatic carbocycles. The number of carbonyl (C=O) groups excluding carboxylic acids is 1. The quantitative estimate of drug-likeness (QED) is 0.806. The first-order valence-electron chi connectivity index (χ1n) is 7.47. The van der Waals surface area contributed by atoms with Gasteiger partial charge in [-0.1, -0.05) is 0 Å². The van der Waals surface area contributed by atoms with Gasteiger partial charge in [0.25, 0.3) is 0 Å². The summed E-state index contributed by atoms with van der Waals surface area (Å²) in [6.45, 7) is 5.02. The Bertz CT molecular complexity index is 481. The Morgan fingerprint density at radius 1 is 1.50 bits per heavy atom. The largest absolute Gasteiger partial charge is 0.497 e. The maximum atomic E-state index is 12.2. The van der Waals surface area contributed by atoms with Crippen molar-refractivity contribution in [3.8, 4) is 5.75 Å². The molecule has 1 N–H and O–H groups in total. The predicted octanol–water partition coefficient (Wildman–Crippen LogP) is 1.62. The molecule has 1 aliphatic heterocycles. The van der Waals surface area contributed by atoms with E-state index in [4.69, 9.17) is 9.47 Å². The zero-order valence-electron chi connectivity index (χ0n) is 13.4. The molecule has 122 valence electrons. The Balaban J connectivity index is 1.76. The third kappa shape index (κ3) is 5.19. The molecule has 2 unspecified atom stereocenters. The van der Waals surface area contributed by atoms with Crippen molar-refractivity contribution in [2.45, 2.75) is 23.2 Å². The minimum absolute atomic E-state index is 0.0395.